The van der Waals surface area contributed by atoms with E-state index in [2.05, 4.69) is 18.5 Å². The Bertz CT molecular complexity index is 252. The molecule has 0 bridgehead atoms. The molecule has 0 saturated heterocycles. The van der Waals surface area contributed by atoms with Crippen LogP contribution < -0.4 is 11.1 Å². The molecule has 106 valence electrons. The van der Waals surface area contributed by atoms with Crippen LogP contribution in [-0.2, 0) is 4.79 Å². The van der Waals surface area contributed by atoms with Crippen LogP contribution in [0, 0.1) is 5.41 Å². The van der Waals surface area contributed by atoms with E-state index in [4.69, 9.17) is 5.73 Å². The molecular formula is C14H28N2OS. The zero-order valence-corrected chi connectivity index (χ0v) is 12.7. The number of carbonyl (C=O) groups is 1. The molecule has 3 nitrogen and oxygen atoms in total. The summed E-state index contributed by atoms with van der Waals surface area (Å²) in [5.41, 5.74) is 6.00. The standard InChI is InChI=1S/C14H28N2OS/c1-12(6-9-18-2)16-13(17)10-14(11-15)7-4-3-5-8-14/h12H,3-11,15H2,1-2H3,(H,16,17). The van der Waals surface area contributed by atoms with Crippen molar-refractivity contribution < 1.29 is 4.79 Å². The Kier molecular flexibility index (Phi) is 7.08. The molecule has 4 heteroatoms. The normalized spacial score (nSPS) is 20.4. The van der Waals surface area contributed by atoms with Crippen molar-refractivity contribution in [2.24, 2.45) is 11.1 Å². The second-order valence-electron chi connectivity index (χ2n) is 5.69. The van der Waals surface area contributed by atoms with Gasteiger partial charge in [0, 0.05) is 12.5 Å². The number of rotatable bonds is 7. The topological polar surface area (TPSA) is 55.1 Å². The van der Waals surface area contributed by atoms with Gasteiger partial charge in [-0.15, -0.1) is 0 Å². The summed E-state index contributed by atoms with van der Waals surface area (Å²) in [6.45, 7) is 2.74. The van der Waals surface area contributed by atoms with Crippen LogP contribution in [0.5, 0.6) is 0 Å². The lowest BCUT2D eigenvalue weighted by Gasteiger charge is -2.36. The molecule has 1 unspecified atom stereocenters. The summed E-state index contributed by atoms with van der Waals surface area (Å²) in [7, 11) is 0. The highest BCUT2D eigenvalue weighted by Crippen LogP contribution is 2.38. The van der Waals surface area contributed by atoms with Crippen LogP contribution >= 0.6 is 11.8 Å². The van der Waals surface area contributed by atoms with Crippen LogP contribution in [0.1, 0.15) is 51.9 Å². The van der Waals surface area contributed by atoms with Gasteiger partial charge in [-0.25, -0.2) is 0 Å². The fourth-order valence-electron chi connectivity index (χ4n) is 2.79. The fourth-order valence-corrected chi connectivity index (χ4v) is 3.38. The second-order valence-corrected chi connectivity index (χ2v) is 6.68. The number of amides is 1. The lowest BCUT2D eigenvalue weighted by atomic mass is 9.71. The van der Waals surface area contributed by atoms with E-state index in [1.807, 2.05) is 11.8 Å². The molecule has 0 aromatic carbocycles. The quantitative estimate of drug-likeness (QED) is 0.749. The number of nitrogens with one attached hydrogen (secondary N) is 1. The average molecular weight is 272 g/mol. The van der Waals surface area contributed by atoms with Crippen LogP contribution in [0.2, 0.25) is 0 Å². The van der Waals surface area contributed by atoms with Gasteiger partial charge in [0.1, 0.15) is 0 Å². The summed E-state index contributed by atoms with van der Waals surface area (Å²) < 4.78 is 0. The molecule has 0 heterocycles. The van der Waals surface area contributed by atoms with Crippen LogP contribution in [0.3, 0.4) is 0 Å². The Balaban J connectivity index is 2.37. The molecule has 0 aromatic heterocycles. The number of carbonyl (C=O) groups excluding carboxylic acids is 1. The summed E-state index contributed by atoms with van der Waals surface area (Å²) in [6, 6.07) is 0.281. The minimum absolute atomic E-state index is 0.0849. The van der Waals surface area contributed by atoms with Crippen molar-refractivity contribution in [1.82, 2.24) is 5.32 Å². The molecule has 1 fully saturated rings. The first-order valence-electron chi connectivity index (χ1n) is 7.10. The van der Waals surface area contributed by atoms with E-state index in [1.54, 1.807) is 0 Å². The predicted octanol–water partition coefficient (Wildman–Crippen LogP) is 2.54. The van der Waals surface area contributed by atoms with Crippen molar-refractivity contribution in [1.29, 1.82) is 0 Å². The van der Waals surface area contributed by atoms with E-state index in [9.17, 15) is 4.79 Å². The van der Waals surface area contributed by atoms with Crippen molar-refractivity contribution >= 4 is 17.7 Å². The van der Waals surface area contributed by atoms with Crippen molar-refractivity contribution in [2.45, 2.75) is 57.9 Å². The van der Waals surface area contributed by atoms with Gasteiger partial charge in [0.25, 0.3) is 0 Å². The van der Waals surface area contributed by atoms with Crippen LogP contribution in [0.15, 0.2) is 0 Å². The van der Waals surface area contributed by atoms with Gasteiger partial charge in [0.2, 0.25) is 5.91 Å². The molecular weight excluding hydrogens is 244 g/mol. The summed E-state index contributed by atoms with van der Waals surface area (Å²) in [4.78, 5) is 12.1. The lowest BCUT2D eigenvalue weighted by molar-refractivity contribution is -0.124. The number of nitrogens with two attached hydrogens (primary N) is 1. The highest BCUT2D eigenvalue weighted by molar-refractivity contribution is 7.98. The molecule has 1 saturated carbocycles. The molecule has 1 amide bonds. The van der Waals surface area contributed by atoms with Crippen molar-refractivity contribution in [3.8, 4) is 0 Å². The van der Waals surface area contributed by atoms with Gasteiger partial charge in [-0.1, -0.05) is 19.3 Å². The Morgan fingerprint density at radius 1 is 1.39 bits per heavy atom. The SMILES string of the molecule is CSCCC(C)NC(=O)CC1(CN)CCCCC1. The summed E-state index contributed by atoms with van der Waals surface area (Å²) in [6.07, 6.45) is 9.76. The van der Waals surface area contributed by atoms with Gasteiger partial charge in [-0.05, 0) is 50.2 Å². The average Bonchev–Trinajstić information content (AvgIpc) is 2.37. The van der Waals surface area contributed by atoms with Gasteiger partial charge in [0.15, 0.2) is 0 Å². The van der Waals surface area contributed by atoms with E-state index in [0.717, 1.165) is 25.0 Å². The molecule has 1 aliphatic carbocycles. The van der Waals surface area contributed by atoms with Crippen LogP contribution in [0.4, 0.5) is 0 Å². The van der Waals surface area contributed by atoms with Gasteiger partial charge >= 0.3 is 0 Å². The van der Waals surface area contributed by atoms with Crippen molar-refractivity contribution in [3.05, 3.63) is 0 Å². The molecule has 1 aliphatic rings. The zero-order chi connectivity index (χ0) is 13.4. The fraction of sp³-hybridized carbons (Fsp3) is 0.929. The summed E-state index contributed by atoms with van der Waals surface area (Å²) in [5.74, 6) is 1.29. The van der Waals surface area contributed by atoms with E-state index in [-0.39, 0.29) is 17.4 Å². The number of thioether (sulfide) groups is 1. The first-order valence-corrected chi connectivity index (χ1v) is 8.50. The third-order valence-electron chi connectivity index (χ3n) is 4.05. The Labute approximate surface area is 116 Å². The van der Waals surface area contributed by atoms with Crippen LogP contribution in [0.25, 0.3) is 0 Å². The zero-order valence-electron chi connectivity index (χ0n) is 11.8. The van der Waals surface area contributed by atoms with Gasteiger partial charge in [0.05, 0.1) is 0 Å². The van der Waals surface area contributed by atoms with Crippen molar-refractivity contribution in [3.63, 3.8) is 0 Å². The maximum atomic E-state index is 12.1. The van der Waals surface area contributed by atoms with Gasteiger partial charge < -0.3 is 11.1 Å². The lowest BCUT2D eigenvalue weighted by Crippen LogP contribution is -2.41. The third-order valence-corrected chi connectivity index (χ3v) is 4.69. The molecule has 3 N–H and O–H groups in total. The van der Waals surface area contributed by atoms with Crippen LogP contribution in [-0.4, -0.2) is 30.5 Å². The largest absolute Gasteiger partial charge is 0.354 e. The highest BCUT2D eigenvalue weighted by Gasteiger charge is 2.33. The molecule has 1 atom stereocenters. The van der Waals surface area contributed by atoms with Gasteiger partial charge in [-0.2, -0.15) is 11.8 Å². The first-order chi connectivity index (χ1) is 8.62. The maximum absolute atomic E-state index is 12.1. The predicted molar refractivity (Wildman–Crippen MR) is 79.8 cm³/mol. The van der Waals surface area contributed by atoms with E-state index in [0.29, 0.717) is 13.0 Å². The van der Waals surface area contributed by atoms with E-state index < -0.39 is 0 Å². The molecule has 18 heavy (non-hydrogen) atoms. The molecule has 0 spiro atoms. The smallest absolute Gasteiger partial charge is 0.220 e. The number of hydrogen-bond acceptors (Lipinski definition) is 3. The van der Waals surface area contributed by atoms with Gasteiger partial charge in [-0.3, -0.25) is 4.79 Å². The van der Waals surface area contributed by atoms with E-state index >= 15 is 0 Å². The monoisotopic (exact) mass is 272 g/mol. The Morgan fingerprint density at radius 3 is 2.61 bits per heavy atom. The molecule has 0 aliphatic heterocycles. The maximum Gasteiger partial charge on any atom is 0.220 e. The second kappa shape index (κ2) is 8.05. The summed E-state index contributed by atoms with van der Waals surface area (Å²) >= 11 is 1.83. The number of hydrogen-bond donors (Lipinski definition) is 2. The highest BCUT2D eigenvalue weighted by atomic mass is 32.2. The Hall–Kier alpha value is -0.220. The van der Waals surface area contributed by atoms with Crippen molar-refractivity contribution in [2.75, 3.05) is 18.6 Å². The molecule has 0 aromatic rings. The first kappa shape index (κ1) is 15.8. The molecule has 1 rings (SSSR count). The minimum Gasteiger partial charge on any atom is -0.354 e. The molecule has 0 radical (unpaired) electrons. The minimum atomic E-state index is 0.0849. The third kappa shape index (κ3) is 5.19. The summed E-state index contributed by atoms with van der Waals surface area (Å²) in [5, 5.41) is 3.11. The Morgan fingerprint density at radius 2 is 2.06 bits per heavy atom. The van der Waals surface area contributed by atoms with E-state index in [1.165, 1.54) is 19.3 Å².